The number of rotatable bonds is 8. The first-order valence-electron chi connectivity index (χ1n) is 8.42. The molecule has 2 aromatic carbocycles. The minimum absolute atomic E-state index is 0. The molecule has 0 atom stereocenters. The van der Waals surface area contributed by atoms with Crippen LogP contribution in [0.25, 0.3) is 11.1 Å². The maximum atomic E-state index is 10.9. The molecule has 0 heterocycles. The summed E-state index contributed by atoms with van der Waals surface area (Å²) >= 11 is 0. The third kappa shape index (κ3) is 10.5. The first-order chi connectivity index (χ1) is 13.0. The van der Waals surface area contributed by atoms with Crippen LogP contribution in [0.4, 0.5) is 0 Å². The summed E-state index contributed by atoms with van der Waals surface area (Å²) in [5.41, 5.74) is 3.72. The van der Waals surface area contributed by atoms with Crippen LogP contribution in [0, 0.1) is 0 Å². The fourth-order valence-corrected chi connectivity index (χ4v) is 3.66. The van der Waals surface area contributed by atoms with E-state index in [1.807, 2.05) is 13.8 Å². The molecule has 0 radical (unpaired) electrons. The number of phosphoric ester groups is 2. The Balaban J connectivity index is 0.00000420. The van der Waals surface area contributed by atoms with Crippen LogP contribution in [-0.2, 0) is 9.13 Å². The Bertz CT molecular complexity index is 856. The van der Waals surface area contributed by atoms with E-state index in [1.54, 1.807) is 24.3 Å². The van der Waals surface area contributed by atoms with E-state index in [9.17, 15) is 18.9 Å². The molecule has 0 aliphatic heterocycles. The van der Waals surface area contributed by atoms with Crippen LogP contribution in [0.1, 0.15) is 37.8 Å². The van der Waals surface area contributed by atoms with Gasteiger partial charge in [-0.3, -0.25) is 9.79 Å². The zero-order valence-corrected chi connectivity index (χ0v) is 25.3. The molecule has 8 nitrogen and oxygen atoms in total. The van der Waals surface area contributed by atoms with Gasteiger partial charge in [-0.25, -0.2) is 4.57 Å². The van der Waals surface area contributed by atoms with Crippen LogP contribution >= 0.6 is 15.6 Å². The van der Waals surface area contributed by atoms with Crippen LogP contribution in [0.2, 0.25) is 0 Å². The summed E-state index contributed by atoms with van der Waals surface area (Å²) in [6.07, 6.45) is 1.38. The smallest absolute Gasteiger partial charge is 0.780 e. The second-order valence-corrected chi connectivity index (χ2v) is 8.07. The number of hydrogen-bond acceptors (Lipinski definition) is 6. The van der Waals surface area contributed by atoms with E-state index in [0.717, 1.165) is 22.3 Å². The minimum atomic E-state index is -5.11. The van der Waals surface area contributed by atoms with Gasteiger partial charge < -0.3 is 23.4 Å². The van der Waals surface area contributed by atoms with Gasteiger partial charge in [0.2, 0.25) is 0 Å². The molecule has 0 fully saturated rings. The molecule has 12 heteroatoms. The van der Waals surface area contributed by atoms with Gasteiger partial charge in [-0.2, -0.15) is 0 Å². The summed E-state index contributed by atoms with van der Waals surface area (Å²) in [4.78, 5) is 39.2. The first-order valence-corrected chi connectivity index (χ1v) is 11.4. The zero-order chi connectivity index (χ0) is 20.9. The van der Waals surface area contributed by atoms with E-state index in [0.29, 0.717) is 12.8 Å². The van der Waals surface area contributed by atoms with Crippen LogP contribution in [0.15, 0.2) is 48.5 Å². The van der Waals surface area contributed by atoms with E-state index in [-0.39, 0.29) is 114 Å². The van der Waals surface area contributed by atoms with Crippen LogP contribution in [0.3, 0.4) is 0 Å². The van der Waals surface area contributed by atoms with Crippen molar-refractivity contribution >= 4 is 26.8 Å². The van der Waals surface area contributed by atoms with Gasteiger partial charge >= 0.3 is 111 Å². The number of hydrogen-bond donors (Lipinski definition) is 2. The van der Waals surface area contributed by atoms with Gasteiger partial charge in [-0.05, 0) is 59.4 Å². The minimum Gasteiger partial charge on any atom is -0.780 e. The van der Waals surface area contributed by atoms with E-state index >= 15 is 0 Å². The molecular formula is C18H20K2O8P2. The van der Waals surface area contributed by atoms with Crippen molar-refractivity contribution in [2.45, 2.75) is 26.7 Å². The fraction of sp³-hybridized carbons (Fsp3) is 0.222. The Hall–Kier alpha value is 1.35. The molecule has 0 unspecified atom stereocenters. The normalized spacial score (nSPS) is 12.2. The molecule has 2 N–H and O–H groups in total. The van der Waals surface area contributed by atoms with Crippen molar-refractivity contribution in [1.29, 1.82) is 0 Å². The topological polar surface area (TPSA) is 139 Å². The molecule has 2 rings (SSSR count). The average Bonchev–Trinajstić information content (AvgIpc) is 2.59. The summed E-state index contributed by atoms with van der Waals surface area (Å²) < 4.78 is 30.5. The molecule has 0 bridgehead atoms. The third-order valence-electron chi connectivity index (χ3n) is 3.92. The third-order valence-corrected chi connectivity index (χ3v) is 4.80. The molecule has 152 valence electrons. The predicted octanol–water partition coefficient (Wildman–Crippen LogP) is -2.90. The SMILES string of the molecule is CC/C(=C(/CC)c1ccc(OP(=O)(O)O)cc1)c1ccc(OP(=O)([O-])[O-])cc1.[K+].[K+]. The summed E-state index contributed by atoms with van der Waals surface area (Å²) in [6, 6.07) is 12.6. The van der Waals surface area contributed by atoms with Crippen molar-refractivity contribution < 1.29 is 141 Å². The van der Waals surface area contributed by atoms with Gasteiger partial charge in [0, 0.05) is 0 Å². The monoisotopic (exact) mass is 504 g/mol. The summed E-state index contributed by atoms with van der Waals surface area (Å²) in [7, 11) is -9.72. The van der Waals surface area contributed by atoms with Gasteiger partial charge in [-0.1, -0.05) is 38.1 Å². The maximum Gasteiger partial charge on any atom is 1.00 e. The second-order valence-electron chi connectivity index (χ2n) is 5.83. The summed E-state index contributed by atoms with van der Waals surface area (Å²) in [5.74, 6) is 0.0104. The van der Waals surface area contributed by atoms with E-state index in [1.165, 1.54) is 24.3 Å². The van der Waals surface area contributed by atoms with Crippen molar-refractivity contribution in [2.24, 2.45) is 0 Å². The second kappa shape index (κ2) is 13.9. The van der Waals surface area contributed by atoms with Crippen molar-refractivity contribution in [3.63, 3.8) is 0 Å². The molecule has 0 saturated carbocycles. The van der Waals surface area contributed by atoms with Crippen molar-refractivity contribution in [3.05, 3.63) is 59.7 Å². The Kier molecular flexibility index (Phi) is 14.5. The van der Waals surface area contributed by atoms with Gasteiger partial charge in [-0.15, -0.1) is 0 Å². The van der Waals surface area contributed by atoms with Gasteiger partial charge in [0.25, 0.3) is 0 Å². The number of allylic oxidation sites excluding steroid dienone is 2. The maximum absolute atomic E-state index is 10.9. The zero-order valence-electron chi connectivity index (χ0n) is 17.3. The van der Waals surface area contributed by atoms with E-state index in [4.69, 9.17) is 9.79 Å². The summed E-state index contributed by atoms with van der Waals surface area (Å²) in [5, 5.41) is 0. The average molecular weight is 504 g/mol. The fourth-order valence-electron chi connectivity index (χ4n) is 2.88. The molecule has 0 aliphatic carbocycles. The largest absolute Gasteiger partial charge is 1.00 e. The Morgan fingerprint density at radius 2 is 1.10 bits per heavy atom. The molecule has 0 saturated heterocycles. The van der Waals surface area contributed by atoms with Crippen LogP contribution in [-0.4, -0.2) is 9.79 Å². The standard InChI is InChI=1S/C18H22O8P2.2K/c1-3-17(13-5-9-15(10-6-13)25-27(19,20)21)18(4-2)14-7-11-16(12-8-14)26-28(22,23)24;;/h5-12H,3-4H2,1-2H3,(H2,19,20,21)(H2,22,23,24);;/q;2*+1/p-2/b18-17+;;. The Labute approximate surface area is 260 Å². The predicted molar refractivity (Wildman–Crippen MR) is 101 cm³/mol. The Morgan fingerprint density at radius 1 is 0.767 bits per heavy atom. The first kappa shape index (κ1) is 31.4. The number of benzene rings is 2. The Morgan fingerprint density at radius 3 is 1.37 bits per heavy atom. The molecule has 2 aromatic rings. The molecule has 30 heavy (non-hydrogen) atoms. The van der Waals surface area contributed by atoms with Crippen molar-refractivity contribution in [2.75, 3.05) is 0 Å². The van der Waals surface area contributed by atoms with Crippen LogP contribution in [0.5, 0.6) is 11.5 Å². The molecular weight excluding hydrogens is 484 g/mol. The molecule has 0 aliphatic rings. The number of phosphoric acid groups is 2. The van der Waals surface area contributed by atoms with Gasteiger partial charge in [0.15, 0.2) is 0 Å². The molecule has 0 aromatic heterocycles. The van der Waals surface area contributed by atoms with Gasteiger partial charge in [0.1, 0.15) is 19.3 Å². The van der Waals surface area contributed by atoms with Gasteiger partial charge in [0.05, 0.1) is 0 Å². The summed E-state index contributed by atoms with van der Waals surface area (Å²) in [6.45, 7) is 3.96. The molecule has 0 spiro atoms. The van der Waals surface area contributed by atoms with Crippen molar-refractivity contribution in [1.82, 2.24) is 0 Å². The van der Waals surface area contributed by atoms with Crippen LogP contribution < -0.4 is 122 Å². The van der Waals surface area contributed by atoms with E-state index < -0.39 is 15.6 Å². The molecule has 0 amide bonds. The van der Waals surface area contributed by atoms with E-state index in [2.05, 4.69) is 9.05 Å². The van der Waals surface area contributed by atoms with Crippen molar-refractivity contribution in [3.8, 4) is 11.5 Å². The quantitative estimate of drug-likeness (QED) is 0.222.